The Morgan fingerprint density at radius 2 is 2.27 bits per heavy atom. The van der Waals surface area contributed by atoms with E-state index in [-0.39, 0.29) is 0 Å². The van der Waals surface area contributed by atoms with Gasteiger partial charge in [-0.25, -0.2) is 4.98 Å². The first kappa shape index (κ1) is 8.16. The lowest BCUT2D eigenvalue weighted by atomic mass is 10.1. The van der Waals surface area contributed by atoms with Crippen molar-refractivity contribution in [2.24, 2.45) is 7.05 Å². The summed E-state index contributed by atoms with van der Waals surface area (Å²) in [5.74, 6) is 0. The number of aryl methyl sites for hydroxylation is 1. The van der Waals surface area contributed by atoms with Crippen LogP contribution < -0.4 is 0 Å². The lowest BCUT2D eigenvalue weighted by Crippen LogP contribution is -1.85. The molecule has 0 radical (unpaired) electrons. The molecule has 0 aliphatic carbocycles. The van der Waals surface area contributed by atoms with Gasteiger partial charge in [-0.1, -0.05) is 11.3 Å². The number of nitrogens with one attached hydrogen (secondary N) is 1. The van der Waals surface area contributed by atoms with Gasteiger partial charge in [-0.05, 0) is 12.1 Å². The van der Waals surface area contributed by atoms with Gasteiger partial charge in [0, 0.05) is 12.6 Å². The van der Waals surface area contributed by atoms with Crippen molar-refractivity contribution >= 4 is 11.0 Å². The Kier molecular flexibility index (Phi) is 1.58. The van der Waals surface area contributed by atoms with Crippen LogP contribution in [0.15, 0.2) is 30.7 Å². The molecule has 1 aromatic carbocycles. The molecule has 1 N–H and O–H groups in total. The first-order valence-electron chi connectivity index (χ1n) is 4.63. The van der Waals surface area contributed by atoms with E-state index in [4.69, 9.17) is 0 Å². The van der Waals surface area contributed by atoms with E-state index in [9.17, 15) is 0 Å². The van der Waals surface area contributed by atoms with E-state index in [2.05, 4.69) is 20.3 Å². The number of imidazole rings is 1. The van der Waals surface area contributed by atoms with Gasteiger partial charge in [0.25, 0.3) is 0 Å². The van der Waals surface area contributed by atoms with Crippen molar-refractivity contribution < 1.29 is 0 Å². The zero-order valence-electron chi connectivity index (χ0n) is 8.18. The highest BCUT2D eigenvalue weighted by molar-refractivity contribution is 5.80. The number of rotatable bonds is 1. The van der Waals surface area contributed by atoms with Crippen molar-refractivity contribution in [1.82, 2.24) is 25.0 Å². The summed E-state index contributed by atoms with van der Waals surface area (Å²) in [6.45, 7) is 0. The number of nitrogens with zero attached hydrogens (tertiary/aromatic N) is 4. The number of H-pyrrole nitrogens is 1. The summed E-state index contributed by atoms with van der Waals surface area (Å²) >= 11 is 0. The van der Waals surface area contributed by atoms with Crippen LogP contribution in [0.1, 0.15) is 0 Å². The summed E-state index contributed by atoms with van der Waals surface area (Å²) in [4.78, 5) is 7.23. The van der Waals surface area contributed by atoms with Crippen LogP contribution in [0.4, 0.5) is 0 Å². The van der Waals surface area contributed by atoms with Gasteiger partial charge in [-0.15, -0.1) is 5.10 Å². The van der Waals surface area contributed by atoms with E-state index in [1.54, 1.807) is 11.0 Å². The molecule has 3 aromatic rings. The molecular weight excluding hydrogens is 190 g/mol. The van der Waals surface area contributed by atoms with E-state index in [0.29, 0.717) is 0 Å². The summed E-state index contributed by atoms with van der Waals surface area (Å²) in [7, 11) is 1.85. The maximum absolute atomic E-state index is 4.16. The minimum atomic E-state index is 0.869. The SMILES string of the molecule is Cn1cc(-c2ccc3nc[nH]c3c2)nn1. The summed E-state index contributed by atoms with van der Waals surface area (Å²) in [5.41, 5.74) is 3.88. The summed E-state index contributed by atoms with van der Waals surface area (Å²) in [6, 6.07) is 5.98. The standard InChI is InChI=1S/C10H9N5/c1-15-5-10(13-14-15)7-2-3-8-9(4-7)12-6-11-8/h2-6H,1H3,(H,11,12). The van der Waals surface area contributed by atoms with E-state index in [0.717, 1.165) is 22.3 Å². The van der Waals surface area contributed by atoms with Gasteiger partial charge < -0.3 is 4.98 Å². The summed E-state index contributed by atoms with van der Waals surface area (Å²) in [6.07, 6.45) is 3.57. The molecule has 2 heterocycles. The fraction of sp³-hybridized carbons (Fsp3) is 0.100. The quantitative estimate of drug-likeness (QED) is 0.643. The average Bonchev–Trinajstić information content (AvgIpc) is 2.84. The Morgan fingerprint density at radius 3 is 3.07 bits per heavy atom. The molecule has 0 saturated heterocycles. The number of aromatic amines is 1. The molecule has 5 nitrogen and oxygen atoms in total. The van der Waals surface area contributed by atoms with Gasteiger partial charge in [0.15, 0.2) is 0 Å². The Labute approximate surface area is 85.8 Å². The minimum absolute atomic E-state index is 0.869. The molecule has 5 heteroatoms. The van der Waals surface area contributed by atoms with Crippen molar-refractivity contribution in [2.75, 3.05) is 0 Å². The number of aromatic nitrogens is 5. The molecule has 74 valence electrons. The number of hydrogen-bond acceptors (Lipinski definition) is 3. The van der Waals surface area contributed by atoms with Gasteiger partial charge >= 0.3 is 0 Å². The first-order valence-corrected chi connectivity index (χ1v) is 4.63. The number of fused-ring (bicyclic) bond motifs is 1. The molecule has 0 fully saturated rings. The highest BCUT2D eigenvalue weighted by Gasteiger charge is 2.03. The van der Waals surface area contributed by atoms with Gasteiger partial charge in [-0.3, -0.25) is 4.68 Å². The third-order valence-corrected chi connectivity index (χ3v) is 2.32. The highest BCUT2D eigenvalue weighted by Crippen LogP contribution is 2.20. The Morgan fingerprint density at radius 1 is 1.33 bits per heavy atom. The molecule has 0 saturated carbocycles. The highest BCUT2D eigenvalue weighted by atomic mass is 15.4. The van der Waals surface area contributed by atoms with Crippen LogP contribution in [0, 0.1) is 0 Å². The minimum Gasteiger partial charge on any atom is -0.345 e. The maximum Gasteiger partial charge on any atom is 0.113 e. The summed E-state index contributed by atoms with van der Waals surface area (Å²) < 4.78 is 1.69. The van der Waals surface area contributed by atoms with Crippen LogP contribution in [-0.2, 0) is 7.05 Å². The molecule has 3 rings (SSSR count). The predicted molar refractivity (Wildman–Crippen MR) is 56.1 cm³/mol. The van der Waals surface area contributed by atoms with Gasteiger partial charge in [0.2, 0.25) is 0 Å². The second-order valence-corrected chi connectivity index (χ2v) is 3.41. The Balaban J connectivity index is 2.18. The van der Waals surface area contributed by atoms with E-state index >= 15 is 0 Å². The molecular formula is C10H9N5. The van der Waals surface area contributed by atoms with Crippen molar-refractivity contribution in [3.63, 3.8) is 0 Å². The van der Waals surface area contributed by atoms with Crippen LogP contribution in [0.25, 0.3) is 22.3 Å². The molecule has 0 aliphatic heterocycles. The van der Waals surface area contributed by atoms with Crippen LogP contribution in [-0.4, -0.2) is 25.0 Å². The van der Waals surface area contributed by atoms with Gasteiger partial charge in [0.1, 0.15) is 5.69 Å². The van der Waals surface area contributed by atoms with E-state index < -0.39 is 0 Å². The third-order valence-electron chi connectivity index (χ3n) is 2.32. The topological polar surface area (TPSA) is 59.4 Å². The normalized spacial score (nSPS) is 11.0. The maximum atomic E-state index is 4.16. The lowest BCUT2D eigenvalue weighted by molar-refractivity contribution is 0.715. The van der Waals surface area contributed by atoms with Crippen molar-refractivity contribution in [1.29, 1.82) is 0 Å². The number of hydrogen-bond donors (Lipinski definition) is 1. The molecule has 0 spiro atoms. The Bertz CT molecular complexity index is 607. The van der Waals surface area contributed by atoms with Crippen LogP contribution in [0.2, 0.25) is 0 Å². The second-order valence-electron chi connectivity index (χ2n) is 3.41. The fourth-order valence-corrected chi connectivity index (χ4v) is 1.57. The molecule has 0 bridgehead atoms. The molecule has 2 aromatic heterocycles. The predicted octanol–water partition coefficient (Wildman–Crippen LogP) is 1.36. The first-order chi connectivity index (χ1) is 7.33. The van der Waals surface area contributed by atoms with Gasteiger partial charge in [-0.2, -0.15) is 0 Å². The zero-order chi connectivity index (χ0) is 10.3. The largest absolute Gasteiger partial charge is 0.345 e. The van der Waals surface area contributed by atoms with Gasteiger partial charge in [0.05, 0.1) is 23.6 Å². The molecule has 15 heavy (non-hydrogen) atoms. The van der Waals surface area contributed by atoms with Crippen molar-refractivity contribution in [3.8, 4) is 11.3 Å². The van der Waals surface area contributed by atoms with Crippen LogP contribution >= 0.6 is 0 Å². The zero-order valence-corrected chi connectivity index (χ0v) is 8.18. The molecule has 0 aliphatic rings. The number of benzene rings is 1. The van der Waals surface area contributed by atoms with Crippen LogP contribution in [0.5, 0.6) is 0 Å². The third kappa shape index (κ3) is 1.28. The monoisotopic (exact) mass is 199 g/mol. The average molecular weight is 199 g/mol. The van der Waals surface area contributed by atoms with Crippen molar-refractivity contribution in [2.45, 2.75) is 0 Å². The Hall–Kier alpha value is -2.17. The second kappa shape index (κ2) is 2.91. The van der Waals surface area contributed by atoms with Crippen LogP contribution in [0.3, 0.4) is 0 Å². The lowest BCUT2D eigenvalue weighted by Gasteiger charge is -1.94. The van der Waals surface area contributed by atoms with E-state index in [1.807, 2.05) is 31.4 Å². The fourth-order valence-electron chi connectivity index (χ4n) is 1.57. The smallest absolute Gasteiger partial charge is 0.113 e. The molecule has 0 amide bonds. The summed E-state index contributed by atoms with van der Waals surface area (Å²) in [5, 5.41) is 7.96. The van der Waals surface area contributed by atoms with E-state index in [1.165, 1.54) is 0 Å². The van der Waals surface area contributed by atoms with Crippen molar-refractivity contribution in [3.05, 3.63) is 30.7 Å². The molecule has 0 unspecified atom stereocenters. The molecule has 0 atom stereocenters.